The van der Waals surface area contributed by atoms with Gasteiger partial charge in [0.2, 0.25) is 17.7 Å². The van der Waals surface area contributed by atoms with E-state index in [2.05, 4.69) is 16.0 Å². The van der Waals surface area contributed by atoms with Crippen molar-refractivity contribution in [2.45, 2.75) is 84.5 Å². The fraction of sp³-hybridized carbons (Fsp3) is 0.750. The molecule has 0 saturated carbocycles. The first kappa shape index (κ1) is 28.3. The van der Waals surface area contributed by atoms with E-state index >= 15 is 0 Å². The summed E-state index contributed by atoms with van der Waals surface area (Å²) in [6, 6.07) is -4.31. The average molecular weight is 445 g/mol. The van der Waals surface area contributed by atoms with Gasteiger partial charge in [0.15, 0.2) is 0 Å². The normalized spacial score (nSPS) is 16.7. The molecule has 11 heteroatoms. The quantitative estimate of drug-likeness (QED) is 0.213. The van der Waals surface area contributed by atoms with Gasteiger partial charge in [0.25, 0.3) is 0 Å². The summed E-state index contributed by atoms with van der Waals surface area (Å²) < 4.78 is 0. The van der Waals surface area contributed by atoms with Crippen LogP contribution in [0.1, 0.15) is 60.3 Å². The molecule has 0 aliphatic carbocycles. The van der Waals surface area contributed by atoms with Crippen LogP contribution >= 0.6 is 0 Å². The molecule has 0 aromatic carbocycles. The molecule has 6 atom stereocenters. The van der Waals surface area contributed by atoms with Gasteiger partial charge in [-0.1, -0.05) is 40.5 Å². The van der Waals surface area contributed by atoms with E-state index in [4.69, 9.17) is 10.8 Å². The minimum atomic E-state index is -1.28. The van der Waals surface area contributed by atoms with Gasteiger partial charge in [0, 0.05) is 6.42 Å². The minimum Gasteiger partial charge on any atom is -0.481 e. The fourth-order valence-electron chi connectivity index (χ4n) is 2.66. The molecule has 0 aromatic rings. The summed E-state index contributed by atoms with van der Waals surface area (Å²) in [4.78, 5) is 59.7. The molecule has 31 heavy (non-hydrogen) atoms. The van der Waals surface area contributed by atoms with E-state index in [9.17, 15) is 29.1 Å². The molecule has 0 fully saturated rings. The zero-order valence-electron chi connectivity index (χ0n) is 18.8. The topological polar surface area (TPSA) is 188 Å². The average Bonchev–Trinajstić information content (AvgIpc) is 2.71. The highest BCUT2D eigenvalue weighted by molar-refractivity contribution is 5.94. The first-order valence-corrected chi connectivity index (χ1v) is 10.5. The highest BCUT2D eigenvalue weighted by Gasteiger charge is 2.31. The number of carboxylic acid groups (broad SMARTS) is 2. The van der Waals surface area contributed by atoms with Gasteiger partial charge in [-0.2, -0.15) is 0 Å². The Labute approximate surface area is 182 Å². The molecule has 0 saturated heterocycles. The summed E-state index contributed by atoms with van der Waals surface area (Å²) in [5, 5.41) is 25.5. The van der Waals surface area contributed by atoms with Crippen LogP contribution in [0.5, 0.6) is 0 Å². The highest BCUT2D eigenvalue weighted by Crippen LogP contribution is 2.10. The molecule has 6 unspecified atom stereocenters. The summed E-state index contributed by atoms with van der Waals surface area (Å²) in [5.74, 6) is -4.93. The fourth-order valence-corrected chi connectivity index (χ4v) is 2.66. The second-order valence-corrected chi connectivity index (χ2v) is 7.85. The van der Waals surface area contributed by atoms with Crippen LogP contribution in [-0.4, -0.2) is 64.0 Å². The lowest BCUT2D eigenvalue weighted by atomic mass is 9.98. The number of hydrogen-bond acceptors (Lipinski definition) is 6. The molecule has 7 N–H and O–H groups in total. The Balaban J connectivity index is 5.26. The first-order valence-electron chi connectivity index (χ1n) is 10.5. The zero-order valence-corrected chi connectivity index (χ0v) is 18.8. The zero-order chi connectivity index (χ0) is 24.3. The maximum absolute atomic E-state index is 12.6. The van der Waals surface area contributed by atoms with E-state index in [1.807, 2.05) is 6.92 Å². The number of nitrogens with one attached hydrogen (secondary N) is 3. The van der Waals surface area contributed by atoms with E-state index in [0.717, 1.165) is 0 Å². The van der Waals surface area contributed by atoms with Crippen molar-refractivity contribution < 1.29 is 34.2 Å². The monoisotopic (exact) mass is 444 g/mol. The molecule has 0 rings (SSSR count). The highest BCUT2D eigenvalue weighted by atomic mass is 16.4. The lowest BCUT2D eigenvalue weighted by molar-refractivity contribution is -0.144. The maximum Gasteiger partial charge on any atom is 0.326 e. The van der Waals surface area contributed by atoms with Gasteiger partial charge < -0.3 is 31.9 Å². The smallest absolute Gasteiger partial charge is 0.326 e. The molecular formula is C20H36N4O7. The van der Waals surface area contributed by atoms with Crippen molar-refractivity contribution in [1.29, 1.82) is 0 Å². The molecule has 0 heterocycles. The van der Waals surface area contributed by atoms with Gasteiger partial charge in [-0.3, -0.25) is 19.2 Å². The number of carboxylic acids is 2. The van der Waals surface area contributed by atoms with Crippen LogP contribution in [0, 0.1) is 11.8 Å². The molecule has 178 valence electrons. The van der Waals surface area contributed by atoms with Crippen molar-refractivity contribution in [2.75, 3.05) is 0 Å². The lowest BCUT2D eigenvalue weighted by Gasteiger charge is -2.25. The van der Waals surface area contributed by atoms with Gasteiger partial charge in [-0.25, -0.2) is 4.79 Å². The number of rotatable bonds is 14. The lowest BCUT2D eigenvalue weighted by Crippen LogP contribution is -2.57. The Bertz CT molecular complexity index is 655. The molecule has 0 aliphatic rings. The van der Waals surface area contributed by atoms with Gasteiger partial charge in [0.05, 0.1) is 6.04 Å². The van der Waals surface area contributed by atoms with Crippen LogP contribution in [0.15, 0.2) is 0 Å². The molecule has 0 aliphatic heterocycles. The maximum atomic E-state index is 12.6. The molecule has 0 radical (unpaired) electrons. The molecule has 3 amide bonds. The van der Waals surface area contributed by atoms with Gasteiger partial charge in [-0.05, 0) is 25.2 Å². The number of carbonyl (C=O) groups excluding carboxylic acids is 3. The predicted molar refractivity (Wildman–Crippen MR) is 113 cm³/mol. The Hall–Kier alpha value is -2.69. The van der Waals surface area contributed by atoms with E-state index in [1.54, 1.807) is 20.8 Å². The molecular weight excluding hydrogens is 408 g/mol. The van der Waals surface area contributed by atoms with Crippen LogP contribution in [0.3, 0.4) is 0 Å². The van der Waals surface area contributed by atoms with Crippen molar-refractivity contribution in [1.82, 2.24) is 16.0 Å². The molecule has 11 nitrogen and oxygen atoms in total. The number of hydrogen-bond donors (Lipinski definition) is 6. The molecule has 0 spiro atoms. The van der Waals surface area contributed by atoms with E-state index in [1.165, 1.54) is 6.92 Å². The summed E-state index contributed by atoms with van der Waals surface area (Å²) in [6.07, 6.45) is 0.502. The summed E-state index contributed by atoms with van der Waals surface area (Å²) in [5.41, 5.74) is 5.85. The Morgan fingerprint density at radius 3 is 1.81 bits per heavy atom. The van der Waals surface area contributed by atoms with Crippen LogP contribution < -0.4 is 21.7 Å². The molecule has 0 aromatic heterocycles. The third-order valence-corrected chi connectivity index (χ3v) is 5.37. The van der Waals surface area contributed by atoms with Crippen molar-refractivity contribution in [3.05, 3.63) is 0 Å². The second-order valence-electron chi connectivity index (χ2n) is 7.85. The van der Waals surface area contributed by atoms with Crippen molar-refractivity contribution >= 4 is 29.7 Å². The molecule has 0 bridgehead atoms. The Kier molecular flexibility index (Phi) is 12.4. The van der Waals surface area contributed by atoms with Gasteiger partial charge in [0.1, 0.15) is 18.1 Å². The van der Waals surface area contributed by atoms with Crippen LogP contribution in [0.2, 0.25) is 0 Å². The van der Waals surface area contributed by atoms with Crippen LogP contribution in [-0.2, 0) is 24.0 Å². The predicted octanol–water partition coefficient (Wildman–Crippen LogP) is -0.170. The van der Waals surface area contributed by atoms with E-state index in [-0.39, 0.29) is 18.3 Å². The standard InChI is InChI=1S/C20H36N4O7/c1-6-10(3)15(21)19(29)22-12(5)17(27)23-13(8-9-14(25)26)18(28)24-16(20(30)31)11(4)7-2/h10-13,15-16H,6-9,21H2,1-5H3,(H,22,29)(H,23,27)(H,24,28)(H,25,26)(H,30,31). The van der Waals surface area contributed by atoms with Crippen LogP contribution in [0.4, 0.5) is 0 Å². The minimum absolute atomic E-state index is 0.0992. The Morgan fingerprint density at radius 1 is 0.806 bits per heavy atom. The van der Waals surface area contributed by atoms with E-state index < -0.39 is 60.2 Å². The van der Waals surface area contributed by atoms with E-state index in [0.29, 0.717) is 12.8 Å². The summed E-state index contributed by atoms with van der Waals surface area (Å²) in [7, 11) is 0. The summed E-state index contributed by atoms with van der Waals surface area (Å²) >= 11 is 0. The van der Waals surface area contributed by atoms with Gasteiger partial charge >= 0.3 is 11.9 Å². The largest absolute Gasteiger partial charge is 0.481 e. The SMILES string of the molecule is CCC(C)C(N)C(=O)NC(C)C(=O)NC(CCC(=O)O)C(=O)NC(C(=O)O)C(C)CC. The second kappa shape index (κ2) is 13.6. The third-order valence-electron chi connectivity index (χ3n) is 5.37. The van der Waals surface area contributed by atoms with Crippen molar-refractivity contribution in [2.24, 2.45) is 17.6 Å². The van der Waals surface area contributed by atoms with Crippen molar-refractivity contribution in [3.63, 3.8) is 0 Å². The number of nitrogens with two attached hydrogens (primary N) is 1. The van der Waals surface area contributed by atoms with Crippen LogP contribution in [0.25, 0.3) is 0 Å². The number of carbonyl (C=O) groups is 5. The summed E-state index contributed by atoms with van der Waals surface area (Å²) in [6.45, 7) is 8.51. The Morgan fingerprint density at radius 2 is 1.35 bits per heavy atom. The first-order chi connectivity index (χ1) is 14.3. The van der Waals surface area contributed by atoms with Gasteiger partial charge in [-0.15, -0.1) is 0 Å². The van der Waals surface area contributed by atoms with Crippen molar-refractivity contribution in [3.8, 4) is 0 Å². The number of aliphatic carboxylic acids is 2. The third kappa shape index (κ3) is 9.77. The number of amides is 3.